The fraction of sp³-hybridized carbons (Fsp3) is 0.357. The summed E-state index contributed by atoms with van der Waals surface area (Å²) in [4.78, 5) is 45.1. The summed E-state index contributed by atoms with van der Waals surface area (Å²) in [7, 11) is 0. The first kappa shape index (κ1) is 25.4. The molecule has 4 heterocycles. The largest absolute Gasteiger partial charge is 0.357 e. The summed E-state index contributed by atoms with van der Waals surface area (Å²) in [6.07, 6.45) is 4.23. The SMILES string of the molecule is C=CC(=O)NC1CCN(C(=O)c2nn(Cc3ccc(F)cc3)c3c2CN(C(=O)c2ccc[nH]2)CC3C)CC1. The Balaban J connectivity index is 1.43. The molecule has 0 radical (unpaired) electrons. The van der Waals surface area contributed by atoms with E-state index in [0.717, 1.165) is 16.8 Å². The molecule has 1 aromatic carbocycles. The van der Waals surface area contributed by atoms with Crippen molar-refractivity contribution in [1.29, 1.82) is 0 Å². The van der Waals surface area contributed by atoms with E-state index in [2.05, 4.69) is 16.9 Å². The van der Waals surface area contributed by atoms with Crippen LogP contribution in [0.4, 0.5) is 4.39 Å². The van der Waals surface area contributed by atoms with E-state index in [1.165, 1.54) is 18.2 Å². The Morgan fingerprint density at radius 3 is 2.53 bits per heavy atom. The lowest BCUT2D eigenvalue weighted by atomic mass is 9.95. The lowest BCUT2D eigenvalue weighted by molar-refractivity contribution is -0.117. The van der Waals surface area contributed by atoms with E-state index in [1.54, 1.807) is 40.3 Å². The molecule has 2 N–H and O–H groups in total. The van der Waals surface area contributed by atoms with Gasteiger partial charge in [-0.25, -0.2) is 4.39 Å². The molecular weight excluding hydrogens is 487 g/mol. The number of fused-ring (bicyclic) bond motifs is 1. The Morgan fingerprint density at radius 1 is 1.13 bits per heavy atom. The van der Waals surface area contributed by atoms with E-state index in [-0.39, 0.29) is 42.0 Å². The minimum Gasteiger partial charge on any atom is -0.357 e. The Bertz CT molecular complexity index is 1340. The first-order valence-electron chi connectivity index (χ1n) is 12.8. The maximum atomic E-state index is 13.8. The van der Waals surface area contributed by atoms with Gasteiger partial charge < -0.3 is 20.1 Å². The minimum atomic E-state index is -0.313. The third kappa shape index (κ3) is 5.11. The smallest absolute Gasteiger partial charge is 0.274 e. The molecule has 2 aliphatic heterocycles. The molecular formula is C28H31FN6O3. The van der Waals surface area contributed by atoms with Crippen molar-refractivity contribution in [3.8, 4) is 0 Å². The number of carbonyl (C=O) groups excluding carboxylic acids is 3. The molecule has 2 aliphatic rings. The highest BCUT2D eigenvalue weighted by Gasteiger charge is 2.36. The van der Waals surface area contributed by atoms with Gasteiger partial charge in [-0.1, -0.05) is 25.6 Å². The van der Waals surface area contributed by atoms with Crippen LogP contribution >= 0.6 is 0 Å². The zero-order chi connectivity index (χ0) is 26.8. The summed E-state index contributed by atoms with van der Waals surface area (Å²) in [5, 5.41) is 7.68. The van der Waals surface area contributed by atoms with Crippen molar-refractivity contribution >= 4 is 17.7 Å². The van der Waals surface area contributed by atoms with Gasteiger partial charge >= 0.3 is 0 Å². The zero-order valence-corrected chi connectivity index (χ0v) is 21.3. The number of nitrogens with one attached hydrogen (secondary N) is 2. The summed E-state index contributed by atoms with van der Waals surface area (Å²) in [5.74, 6) is -0.909. The number of piperidine rings is 1. The average molecular weight is 519 g/mol. The molecule has 1 saturated heterocycles. The van der Waals surface area contributed by atoms with Gasteiger partial charge in [0.2, 0.25) is 5.91 Å². The number of rotatable bonds is 6. The summed E-state index contributed by atoms with van der Waals surface area (Å²) in [6, 6.07) is 9.75. The molecule has 2 aromatic heterocycles. The lowest BCUT2D eigenvalue weighted by Crippen LogP contribution is -2.46. The van der Waals surface area contributed by atoms with Gasteiger partial charge in [-0.05, 0) is 48.7 Å². The fourth-order valence-electron chi connectivity index (χ4n) is 5.37. The van der Waals surface area contributed by atoms with Crippen LogP contribution in [0.15, 0.2) is 55.3 Å². The highest BCUT2D eigenvalue weighted by Crippen LogP contribution is 2.33. The molecule has 1 fully saturated rings. The summed E-state index contributed by atoms with van der Waals surface area (Å²) < 4.78 is 15.3. The van der Waals surface area contributed by atoms with Gasteiger partial charge in [0.15, 0.2) is 5.69 Å². The number of nitrogens with zero attached hydrogens (tertiary/aromatic N) is 4. The number of halogens is 1. The van der Waals surface area contributed by atoms with Gasteiger partial charge in [0.25, 0.3) is 11.8 Å². The van der Waals surface area contributed by atoms with Gasteiger partial charge in [0.05, 0.1) is 13.1 Å². The van der Waals surface area contributed by atoms with E-state index in [9.17, 15) is 18.8 Å². The van der Waals surface area contributed by atoms with Crippen LogP contribution in [-0.2, 0) is 17.9 Å². The van der Waals surface area contributed by atoms with E-state index in [1.807, 2.05) is 11.6 Å². The molecule has 1 atom stereocenters. The number of hydrogen-bond donors (Lipinski definition) is 2. The van der Waals surface area contributed by atoms with Crippen molar-refractivity contribution in [1.82, 2.24) is 29.9 Å². The van der Waals surface area contributed by atoms with E-state index in [0.29, 0.717) is 50.4 Å². The molecule has 0 spiro atoms. The molecule has 1 unspecified atom stereocenters. The molecule has 9 nitrogen and oxygen atoms in total. The van der Waals surface area contributed by atoms with Crippen LogP contribution in [0.3, 0.4) is 0 Å². The second-order valence-electron chi connectivity index (χ2n) is 9.95. The van der Waals surface area contributed by atoms with Crippen molar-refractivity contribution in [2.75, 3.05) is 19.6 Å². The number of amides is 3. The molecule has 0 bridgehead atoms. The Labute approximate surface area is 220 Å². The molecule has 10 heteroatoms. The van der Waals surface area contributed by atoms with Crippen LogP contribution in [-0.4, -0.2) is 68.0 Å². The third-order valence-electron chi connectivity index (χ3n) is 7.28. The van der Waals surface area contributed by atoms with Crippen LogP contribution in [0, 0.1) is 5.82 Å². The molecule has 0 aliphatic carbocycles. The number of hydrogen-bond acceptors (Lipinski definition) is 4. The third-order valence-corrected chi connectivity index (χ3v) is 7.28. The van der Waals surface area contributed by atoms with Crippen LogP contribution in [0.25, 0.3) is 0 Å². The average Bonchev–Trinajstić information content (AvgIpc) is 3.58. The summed E-state index contributed by atoms with van der Waals surface area (Å²) in [5.41, 5.74) is 3.37. The van der Waals surface area contributed by atoms with Gasteiger partial charge in [0.1, 0.15) is 11.5 Å². The lowest BCUT2D eigenvalue weighted by Gasteiger charge is -2.33. The van der Waals surface area contributed by atoms with Crippen molar-refractivity contribution < 1.29 is 18.8 Å². The molecule has 0 saturated carbocycles. The minimum absolute atomic E-state index is 0.0107. The normalized spacial score (nSPS) is 17.7. The Morgan fingerprint density at radius 2 is 1.87 bits per heavy atom. The van der Waals surface area contributed by atoms with Gasteiger partial charge in [-0.3, -0.25) is 19.1 Å². The number of likely N-dealkylation sites (tertiary alicyclic amines) is 1. The van der Waals surface area contributed by atoms with E-state index < -0.39 is 0 Å². The van der Waals surface area contributed by atoms with Gasteiger partial charge in [-0.15, -0.1) is 0 Å². The monoisotopic (exact) mass is 518 g/mol. The Hall–Kier alpha value is -4.21. The quantitative estimate of drug-likeness (QED) is 0.490. The molecule has 38 heavy (non-hydrogen) atoms. The van der Waals surface area contributed by atoms with Crippen LogP contribution in [0.1, 0.15) is 63.5 Å². The van der Waals surface area contributed by atoms with Gasteiger partial charge in [-0.2, -0.15) is 5.10 Å². The predicted molar refractivity (Wildman–Crippen MR) is 139 cm³/mol. The molecule has 5 rings (SSSR count). The number of aromatic amines is 1. The fourth-order valence-corrected chi connectivity index (χ4v) is 5.37. The van der Waals surface area contributed by atoms with E-state index in [4.69, 9.17) is 5.10 Å². The number of carbonyl (C=O) groups is 3. The van der Waals surface area contributed by atoms with Crippen molar-refractivity contribution in [3.63, 3.8) is 0 Å². The summed E-state index contributed by atoms with van der Waals surface area (Å²) in [6.45, 7) is 7.64. The number of benzene rings is 1. The maximum Gasteiger partial charge on any atom is 0.274 e. The molecule has 198 valence electrons. The number of aromatic nitrogens is 3. The molecule has 3 amide bonds. The summed E-state index contributed by atoms with van der Waals surface area (Å²) >= 11 is 0. The first-order chi connectivity index (χ1) is 18.3. The standard InChI is InChI=1S/C28H31FN6O3/c1-3-24(36)31-21-10-13-33(14-11-21)28(38)25-22-17-34(27(37)23-5-4-12-30-23)15-18(2)26(22)35(32-25)16-19-6-8-20(29)9-7-19/h3-9,12,18,21,30H,1,10-11,13-17H2,2H3,(H,31,36). The van der Waals surface area contributed by atoms with Crippen LogP contribution in [0.5, 0.6) is 0 Å². The Kier molecular flexibility index (Phi) is 7.13. The number of H-pyrrole nitrogens is 1. The van der Waals surface area contributed by atoms with Crippen molar-refractivity contribution in [2.24, 2.45) is 0 Å². The maximum absolute atomic E-state index is 13.8. The predicted octanol–water partition coefficient (Wildman–Crippen LogP) is 3.06. The van der Waals surface area contributed by atoms with Crippen molar-refractivity contribution in [3.05, 3.63) is 89.3 Å². The second-order valence-corrected chi connectivity index (χ2v) is 9.95. The van der Waals surface area contributed by atoms with Crippen LogP contribution < -0.4 is 5.32 Å². The zero-order valence-electron chi connectivity index (χ0n) is 21.3. The highest BCUT2D eigenvalue weighted by molar-refractivity contribution is 5.96. The van der Waals surface area contributed by atoms with E-state index >= 15 is 0 Å². The van der Waals surface area contributed by atoms with Gasteiger partial charge in [0, 0.05) is 49.0 Å². The van der Waals surface area contributed by atoms with Crippen LogP contribution in [0.2, 0.25) is 0 Å². The second kappa shape index (κ2) is 10.6. The van der Waals surface area contributed by atoms with Crippen molar-refractivity contribution in [2.45, 2.75) is 44.8 Å². The topological polar surface area (TPSA) is 103 Å². The first-order valence-corrected chi connectivity index (χ1v) is 12.8. The highest BCUT2D eigenvalue weighted by atomic mass is 19.1. The molecule has 3 aromatic rings.